The van der Waals surface area contributed by atoms with Gasteiger partial charge in [-0.05, 0) is 18.2 Å². The highest BCUT2D eigenvalue weighted by molar-refractivity contribution is 7.92. The van der Waals surface area contributed by atoms with Crippen LogP contribution >= 0.6 is 0 Å². The van der Waals surface area contributed by atoms with E-state index in [1.54, 1.807) is 12.1 Å². The molecule has 0 amide bonds. The van der Waals surface area contributed by atoms with E-state index in [4.69, 9.17) is 0 Å². The highest BCUT2D eigenvalue weighted by atomic mass is 32.2. The van der Waals surface area contributed by atoms with Gasteiger partial charge in [-0.15, -0.1) is 0 Å². The van der Waals surface area contributed by atoms with Crippen LogP contribution in [0.15, 0.2) is 47.5 Å². The van der Waals surface area contributed by atoms with Crippen molar-refractivity contribution in [2.24, 2.45) is 0 Å². The number of benzene rings is 2. The van der Waals surface area contributed by atoms with Gasteiger partial charge in [-0.25, -0.2) is 8.42 Å². The Hall–Kier alpha value is -3.01. The van der Waals surface area contributed by atoms with E-state index in [-0.39, 0.29) is 5.69 Å². The quantitative estimate of drug-likeness (QED) is 0.560. The zero-order chi connectivity index (χ0) is 16.6. The molecular weight excluding hydrogens is 327 g/mol. The van der Waals surface area contributed by atoms with Crippen LogP contribution in [0.1, 0.15) is 0 Å². The molecule has 1 heterocycles. The third-order valence-electron chi connectivity index (χ3n) is 3.16. The molecule has 118 valence electrons. The third kappa shape index (κ3) is 2.71. The number of anilines is 1. The summed E-state index contributed by atoms with van der Waals surface area (Å²) in [6.45, 7) is 0. The Labute approximate surface area is 129 Å². The fourth-order valence-electron chi connectivity index (χ4n) is 2.06. The van der Waals surface area contributed by atoms with Gasteiger partial charge in [0.15, 0.2) is 0 Å². The van der Waals surface area contributed by atoms with Crippen LogP contribution in [0, 0.1) is 15.9 Å². The van der Waals surface area contributed by atoms with Crippen molar-refractivity contribution in [3.8, 4) is 0 Å². The fourth-order valence-corrected chi connectivity index (χ4v) is 3.15. The van der Waals surface area contributed by atoms with Crippen molar-refractivity contribution in [2.75, 3.05) is 4.72 Å². The van der Waals surface area contributed by atoms with E-state index in [1.807, 2.05) is 0 Å². The van der Waals surface area contributed by atoms with E-state index >= 15 is 0 Å². The SMILES string of the molecule is O=[N+]([O-])c1ccc(S(=O)(=O)Nc2cccc3[nH]ncc23)cc1F. The van der Waals surface area contributed by atoms with Gasteiger partial charge < -0.3 is 0 Å². The van der Waals surface area contributed by atoms with E-state index in [0.29, 0.717) is 17.0 Å². The Bertz CT molecular complexity index is 1020. The number of halogens is 1. The van der Waals surface area contributed by atoms with Gasteiger partial charge in [0.25, 0.3) is 10.0 Å². The lowest BCUT2D eigenvalue weighted by Crippen LogP contribution is -2.13. The number of aromatic amines is 1. The predicted molar refractivity (Wildman–Crippen MR) is 80.0 cm³/mol. The standard InChI is InChI=1S/C13H9FN4O4S/c14-10-6-8(4-5-13(10)18(19)20)23(21,22)17-12-3-1-2-11-9(12)7-15-16-11/h1-7,17H,(H,15,16). The second-order valence-corrected chi connectivity index (χ2v) is 6.30. The Kier molecular flexibility index (Phi) is 3.45. The molecule has 3 aromatic rings. The number of nitrogens with zero attached hydrogens (tertiary/aromatic N) is 2. The zero-order valence-corrected chi connectivity index (χ0v) is 12.2. The minimum atomic E-state index is -4.10. The van der Waals surface area contributed by atoms with Crippen LogP contribution in [0.5, 0.6) is 0 Å². The molecule has 2 aromatic carbocycles. The molecule has 0 unspecified atom stereocenters. The number of hydrogen-bond acceptors (Lipinski definition) is 5. The molecule has 2 N–H and O–H groups in total. The summed E-state index contributed by atoms with van der Waals surface area (Å²) in [6, 6.07) is 7.25. The van der Waals surface area contributed by atoms with Crippen molar-refractivity contribution in [3.05, 3.63) is 58.5 Å². The van der Waals surface area contributed by atoms with Crippen molar-refractivity contribution in [2.45, 2.75) is 4.90 Å². The van der Waals surface area contributed by atoms with Crippen molar-refractivity contribution in [1.29, 1.82) is 0 Å². The number of nitro benzene ring substituents is 1. The molecule has 0 saturated heterocycles. The largest absolute Gasteiger partial charge is 0.304 e. The number of nitro groups is 1. The lowest BCUT2D eigenvalue weighted by atomic mass is 10.2. The topological polar surface area (TPSA) is 118 Å². The summed E-state index contributed by atoms with van der Waals surface area (Å²) in [7, 11) is -4.10. The maximum Gasteiger partial charge on any atom is 0.304 e. The van der Waals surface area contributed by atoms with Gasteiger partial charge in [0.2, 0.25) is 5.82 Å². The van der Waals surface area contributed by atoms with Crippen LogP contribution in [0.25, 0.3) is 10.9 Å². The van der Waals surface area contributed by atoms with Gasteiger partial charge in [0.05, 0.1) is 27.2 Å². The number of aromatic nitrogens is 2. The summed E-state index contributed by atoms with van der Waals surface area (Å²) >= 11 is 0. The maximum atomic E-state index is 13.6. The predicted octanol–water partition coefficient (Wildman–Crippen LogP) is 2.41. The zero-order valence-electron chi connectivity index (χ0n) is 11.4. The normalized spacial score (nSPS) is 11.5. The van der Waals surface area contributed by atoms with Crippen LogP contribution in [-0.2, 0) is 10.0 Å². The fraction of sp³-hybridized carbons (Fsp3) is 0. The van der Waals surface area contributed by atoms with Gasteiger partial charge in [-0.2, -0.15) is 9.49 Å². The lowest BCUT2D eigenvalue weighted by molar-refractivity contribution is -0.387. The van der Waals surface area contributed by atoms with Gasteiger partial charge in [0, 0.05) is 17.5 Å². The number of H-pyrrole nitrogens is 1. The summed E-state index contributed by atoms with van der Waals surface area (Å²) in [5, 5.41) is 17.6. The third-order valence-corrected chi connectivity index (χ3v) is 4.52. The molecule has 0 fully saturated rings. The Morgan fingerprint density at radius 1 is 1.26 bits per heavy atom. The second kappa shape index (κ2) is 5.32. The first-order valence-electron chi connectivity index (χ1n) is 6.27. The van der Waals surface area contributed by atoms with Gasteiger partial charge in [-0.3, -0.25) is 19.9 Å². The van der Waals surface area contributed by atoms with Crippen LogP contribution < -0.4 is 4.72 Å². The van der Waals surface area contributed by atoms with Crippen molar-refractivity contribution >= 4 is 32.3 Å². The number of fused-ring (bicyclic) bond motifs is 1. The molecule has 0 aliphatic heterocycles. The first kappa shape index (κ1) is 14.9. The molecule has 3 rings (SSSR count). The number of hydrogen-bond donors (Lipinski definition) is 2. The van der Waals surface area contributed by atoms with Crippen LogP contribution in [0.3, 0.4) is 0 Å². The molecule has 0 saturated carbocycles. The maximum absolute atomic E-state index is 13.6. The van der Waals surface area contributed by atoms with E-state index in [0.717, 1.165) is 12.1 Å². The second-order valence-electron chi connectivity index (χ2n) is 4.61. The Morgan fingerprint density at radius 3 is 2.74 bits per heavy atom. The molecule has 0 aliphatic carbocycles. The first-order chi connectivity index (χ1) is 10.9. The highest BCUT2D eigenvalue weighted by Crippen LogP contribution is 2.26. The average molecular weight is 336 g/mol. The van der Waals surface area contributed by atoms with Crippen LogP contribution in [0.2, 0.25) is 0 Å². The van der Waals surface area contributed by atoms with Crippen molar-refractivity contribution < 1.29 is 17.7 Å². The van der Waals surface area contributed by atoms with E-state index < -0.39 is 31.3 Å². The Balaban J connectivity index is 2.01. The molecule has 0 atom stereocenters. The van der Waals surface area contributed by atoms with E-state index in [2.05, 4.69) is 14.9 Å². The minimum absolute atomic E-state index is 0.259. The molecular formula is C13H9FN4O4S. The molecule has 23 heavy (non-hydrogen) atoms. The summed E-state index contributed by atoms with van der Waals surface area (Å²) in [6.07, 6.45) is 1.45. The minimum Gasteiger partial charge on any atom is -0.279 e. The lowest BCUT2D eigenvalue weighted by Gasteiger charge is -2.09. The van der Waals surface area contributed by atoms with Gasteiger partial charge in [0.1, 0.15) is 0 Å². The summed E-state index contributed by atoms with van der Waals surface area (Å²) in [5.41, 5.74) is 0.0935. The average Bonchev–Trinajstić information content (AvgIpc) is 2.96. The highest BCUT2D eigenvalue weighted by Gasteiger charge is 2.21. The van der Waals surface area contributed by atoms with Crippen molar-refractivity contribution in [3.63, 3.8) is 0 Å². The van der Waals surface area contributed by atoms with Crippen molar-refractivity contribution in [1.82, 2.24) is 10.2 Å². The summed E-state index contributed by atoms with van der Waals surface area (Å²) in [4.78, 5) is 9.24. The molecule has 8 nitrogen and oxygen atoms in total. The Morgan fingerprint density at radius 2 is 2.04 bits per heavy atom. The van der Waals surface area contributed by atoms with Crippen LogP contribution in [0.4, 0.5) is 15.8 Å². The summed E-state index contributed by atoms with van der Waals surface area (Å²) in [5.74, 6) is -1.22. The number of sulfonamides is 1. The van der Waals surface area contributed by atoms with E-state index in [9.17, 15) is 22.9 Å². The smallest absolute Gasteiger partial charge is 0.279 e. The molecule has 0 bridgehead atoms. The van der Waals surface area contributed by atoms with E-state index in [1.165, 1.54) is 12.3 Å². The monoisotopic (exact) mass is 336 g/mol. The van der Waals surface area contributed by atoms with Crippen LogP contribution in [-0.4, -0.2) is 23.5 Å². The van der Waals surface area contributed by atoms with Gasteiger partial charge in [-0.1, -0.05) is 6.07 Å². The van der Waals surface area contributed by atoms with Gasteiger partial charge >= 0.3 is 5.69 Å². The molecule has 0 spiro atoms. The molecule has 1 aromatic heterocycles. The first-order valence-corrected chi connectivity index (χ1v) is 7.76. The molecule has 0 radical (unpaired) electrons. The summed E-state index contributed by atoms with van der Waals surface area (Å²) < 4.78 is 40.6. The molecule has 0 aliphatic rings. The number of rotatable bonds is 4. The number of nitrogens with one attached hydrogen (secondary N) is 2. The molecule has 10 heteroatoms.